The Morgan fingerprint density at radius 1 is 1.16 bits per heavy atom. The van der Waals surface area contributed by atoms with Crippen LogP contribution in [0.4, 0.5) is 0 Å². The highest BCUT2D eigenvalue weighted by molar-refractivity contribution is 6.00. The molecule has 0 bridgehead atoms. The van der Waals surface area contributed by atoms with Crippen LogP contribution in [0.3, 0.4) is 0 Å². The standard InChI is InChI=1S/C20H16N2O3/c1-13-7-8-15-17(11-13)22(12-14-5-3-2-4-6-14)21-18(15)19-16(20(23)24)9-10-25-19/h2-11H,12H2,1H3,(H,23,24). The van der Waals surface area contributed by atoms with Crippen LogP contribution in [0.5, 0.6) is 0 Å². The van der Waals surface area contributed by atoms with Crippen molar-refractivity contribution in [3.8, 4) is 11.5 Å². The summed E-state index contributed by atoms with van der Waals surface area (Å²) in [5.41, 5.74) is 3.86. The third kappa shape index (κ3) is 2.70. The zero-order valence-corrected chi connectivity index (χ0v) is 13.6. The van der Waals surface area contributed by atoms with Gasteiger partial charge in [0.15, 0.2) is 5.76 Å². The highest BCUT2D eigenvalue weighted by Crippen LogP contribution is 2.32. The number of rotatable bonds is 4. The number of nitrogens with zero attached hydrogens (tertiary/aromatic N) is 2. The van der Waals surface area contributed by atoms with Crippen LogP contribution in [-0.2, 0) is 6.54 Å². The van der Waals surface area contributed by atoms with Gasteiger partial charge in [-0.25, -0.2) is 4.79 Å². The van der Waals surface area contributed by atoms with E-state index in [1.54, 1.807) is 0 Å². The Balaban J connectivity index is 1.91. The molecule has 4 aromatic rings. The van der Waals surface area contributed by atoms with Crippen molar-refractivity contribution in [1.29, 1.82) is 0 Å². The Labute approximate surface area is 144 Å². The molecule has 0 radical (unpaired) electrons. The van der Waals surface area contributed by atoms with Gasteiger partial charge >= 0.3 is 5.97 Å². The van der Waals surface area contributed by atoms with Gasteiger partial charge in [-0.15, -0.1) is 0 Å². The summed E-state index contributed by atoms with van der Waals surface area (Å²) < 4.78 is 7.35. The monoisotopic (exact) mass is 332 g/mol. The first-order chi connectivity index (χ1) is 12.1. The summed E-state index contributed by atoms with van der Waals surface area (Å²) >= 11 is 0. The third-order valence-electron chi connectivity index (χ3n) is 4.19. The number of aromatic carboxylic acids is 1. The second-order valence-electron chi connectivity index (χ2n) is 5.98. The summed E-state index contributed by atoms with van der Waals surface area (Å²) in [6.45, 7) is 2.62. The Morgan fingerprint density at radius 2 is 1.96 bits per heavy atom. The van der Waals surface area contributed by atoms with Crippen molar-refractivity contribution < 1.29 is 14.3 Å². The number of carboxylic acids is 1. The molecule has 25 heavy (non-hydrogen) atoms. The molecule has 4 rings (SSSR count). The fourth-order valence-electron chi connectivity index (χ4n) is 2.99. The molecule has 0 aliphatic rings. The van der Waals surface area contributed by atoms with E-state index in [9.17, 15) is 9.90 Å². The van der Waals surface area contributed by atoms with Gasteiger partial charge in [-0.3, -0.25) is 4.68 Å². The van der Waals surface area contributed by atoms with Gasteiger partial charge in [0.2, 0.25) is 0 Å². The summed E-state index contributed by atoms with van der Waals surface area (Å²) in [6, 6.07) is 17.5. The fraction of sp³-hybridized carbons (Fsp3) is 0.100. The Bertz CT molecular complexity index is 1060. The lowest BCUT2D eigenvalue weighted by Gasteiger charge is -2.04. The predicted octanol–water partition coefficient (Wildman–Crippen LogP) is 4.35. The molecule has 0 saturated carbocycles. The normalized spacial score (nSPS) is 11.1. The van der Waals surface area contributed by atoms with Gasteiger partial charge in [0, 0.05) is 5.39 Å². The van der Waals surface area contributed by atoms with E-state index in [-0.39, 0.29) is 11.3 Å². The third-order valence-corrected chi connectivity index (χ3v) is 4.19. The van der Waals surface area contributed by atoms with Crippen LogP contribution < -0.4 is 0 Å². The lowest BCUT2D eigenvalue weighted by atomic mass is 10.1. The summed E-state index contributed by atoms with van der Waals surface area (Å²) in [4.78, 5) is 11.4. The molecular formula is C20H16N2O3. The summed E-state index contributed by atoms with van der Waals surface area (Å²) in [5.74, 6) is -0.741. The van der Waals surface area contributed by atoms with Crippen LogP contribution in [0.15, 0.2) is 65.3 Å². The van der Waals surface area contributed by atoms with Crippen LogP contribution in [0.25, 0.3) is 22.4 Å². The number of hydrogen-bond acceptors (Lipinski definition) is 3. The van der Waals surface area contributed by atoms with Gasteiger partial charge in [-0.2, -0.15) is 5.10 Å². The van der Waals surface area contributed by atoms with Gasteiger partial charge in [0.1, 0.15) is 11.3 Å². The molecule has 2 aromatic carbocycles. The van der Waals surface area contributed by atoms with Gasteiger partial charge in [0.05, 0.1) is 18.3 Å². The van der Waals surface area contributed by atoms with Crippen LogP contribution in [0.2, 0.25) is 0 Å². The molecule has 2 aromatic heterocycles. The summed E-state index contributed by atoms with van der Waals surface area (Å²) in [6.07, 6.45) is 1.38. The maximum absolute atomic E-state index is 11.4. The van der Waals surface area contributed by atoms with E-state index >= 15 is 0 Å². The van der Waals surface area contributed by atoms with Crippen molar-refractivity contribution >= 4 is 16.9 Å². The second kappa shape index (κ2) is 5.94. The van der Waals surface area contributed by atoms with E-state index < -0.39 is 5.97 Å². The van der Waals surface area contributed by atoms with Gasteiger partial charge < -0.3 is 9.52 Å². The van der Waals surface area contributed by atoms with E-state index in [0.717, 1.165) is 22.0 Å². The van der Waals surface area contributed by atoms with Crippen molar-refractivity contribution in [3.63, 3.8) is 0 Å². The lowest BCUT2D eigenvalue weighted by molar-refractivity contribution is 0.0697. The van der Waals surface area contributed by atoms with E-state index in [2.05, 4.69) is 11.2 Å². The number of fused-ring (bicyclic) bond motifs is 1. The molecule has 5 heteroatoms. The number of furan rings is 1. The average Bonchev–Trinajstić information content (AvgIpc) is 3.21. The SMILES string of the molecule is Cc1ccc2c(-c3occc3C(=O)O)nn(Cc3ccccc3)c2c1. The minimum Gasteiger partial charge on any atom is -0.478 e. The predicted molar refractivity (Wildman–Crippen MR) is 94.7 cm³/mol. The zero-order valence-electron chi connectivity index (χ0n) is 13.6. The lowest BCUT2D eigenvalue weighted by Crippen LogP contribution is -2.02. The van der Waals surface area contributed by atoms with Crippen molar-refractivity contribution in [3.05, 3.63) is 77.6 Å². The second-order valence-corrected chi connectivity index (χ2v) is 5.98. The quantitative estimate of drug-likeness (QED) is 0.603. The van der Waals surface area contributed by atoms with Crippen LogP contribution in [0, 0.1) is 6.92 Å². The largest absolute Gasteiger partial charge is 0.478 e. The van der Waals surface area contributed by atoms with Crippen molar-refractivity contribution in [2.24, 2.45) is 0 Å². The number of benzene rings is 2. The molecule has 0 aliphatic heterocycles. The molecular weight excluding hydrogens is 316 g/mol. The first-order valence-electron chi connectivity index (χ1n) is 7.96. The number of carboxylic acid groups (broad SMARTS) is 1. The molecule has 5 nitrogen and oxygen atoms in total. The molecule has 0 amide bonds. The molecule has 0 saturated heterocycles. The topological polar surface area (TPSA) is 68.3 Å². The molecule has 0 fully saturated rings. The molecule has 1 N–H and O–H groups in total. The van der Waals surface area contributed by atoms with E-state index in [1.807, 2.05) is 54.1 Å². The maximum atomic E-state index is 11.4. The number of hydrogen-bond donors (Lipinski definition) is 1. The van der Waals surface area contributed by atoms with Gasteiger partial charge in [-0.05, 0) is 30.2 Å². The highest BCUT2D eigenvalue weighted by atomic mass is 16.4. The van der Waals surface area contributed by atoms with E-state index in [0.29, 0.717) is 12.2 Å². The van der Waals surface area contributed by atoms with Crippen molar-refractivity contribution in [2.75, 3.05) is 0 Å². The summed E-state index contributed by atoms with van der Waals surface area (Å²) in [5, 5.41) is 14.9. The number of aryl methyl sites for hydroxylation is 1. The molecule has 0 spiro atoms. The Morgan fingerprint density at radius 3 is 2.72 bits per heavy atom. The Hall–Kier alpha value is -3.34. The number of carbonyl (C=O) groups is 1. The number of aromatic nitrogens is 2. The average molecular weight is 332 g/mol. The molecule has 0 aliphatic carbocycles. The molecule has 0 atom stereocenters. The maximum Gasteiger partial charge on any atom is 0.339 e. The van der Waals surface area contributed by atoms with E-state index in [4.69, 9.17) is 4.42 Å². The van der Waals surface area contributed by atoms with Crippen LogP contribution in [-0.4, -0.2) is 20.9 Å². The first-order valence-corrected chi connectivity index (χ1v) is 7.96. The van der Waals surface area contributed by atoms with Crippen LogP contribution >= 0.6 is 0 Å². The van der Waals surface area contributed by atoms with Gasteiger partial charge in [0.25, 0.3) is 0 Å². The fourth-order valence-corrected chi connectivity index (χ4v) is 2.99. The minimum absolute atomic E-state index is 0.117. The zero-order chi connectivity index (χ0) is 17.4. The molecule has 0 unspecified atom stereocenters. The van der Waals surface area contributed by atoms with Crippen molar-refractivity contribution in [2.45, 2.75) is 13.5 Å². The molecule has 124 valence electrons. The Kier molecular flexibility index (Phi) is 3.61. The van der Waals surface area contributed by atoms with Crippen molar-refractivity contribution in [1.82, 2.24) is 9.78 Å². The highest BCUT2D eigenvalue weighted by Gasteiger charge is 2.21. The minimum atomic E-state index is -1.03. The molecule has 2 heterocycles. The van der Waals surface area contributed by atoms with Crippen LogP contribution in [0.1, 0.15) is 21.5 Å². The smallest absolute Gasteiger partial charge is 0.339 e. The van der Waals surface area contributed by atoms with E-state index in [1.165, 1.54) is 12.3 Å². The summed E-state index contributed by atoms with van der Waals surface area (Å²) in [7, 11) is 0. The first kappa shape index (κ1) is 15.2. The van der Waals surface area contributed by atoms with Gasteiger partial charge in [-0.1, -0.05) is 42.5 Å².